The van der Waals surface area contributed by atoms with E-state index >= 15 is 0 Å². The summed E-state index contributed by atoms with van der Waals surface area (Å²) in [6.45, 7) is 3.63. The lowest BCUT2D eigenvalue weighted by atomic mass is 9.90. The van der Waals surface area contributed by atoms with Crippen LogP contribution in [0.5, 0.6) is 0 Å². The number of hydrogen-bond donors (Lipinski definition) is 1. The molecule has 1 aromatic rings. The van der Waals surface area contributed by atoms with Gasteiger partial charge in [-0.3, -0.25) is 4.79 Å². The van der Waals surface area contributed by atoms with Crippen molar-refractivity contribution < 1.29 is 13.2 Å². The normalized spacial score (nSPS) is 16.6. The Morgan fingerprint density at radius 2 is 2.05 bits per heavy atom. The van der Waals surface area contributed by atoms with Gasteiger partial charge < -0.3 is 5.73 Å². The fourth-order valence-corrected chi connectivity index (χ4v) is 3.83. The van der Waals surface area contributed by atoms with Crippen LogP contribution in [0.4, 0.5) is 5.69 Å². The number of carbonyl (C=O) groups excluding carboxylic acids is 1. The van der Waals surface area contributed by atoms with E-state index in [1.54, 1.807) is 13.8 Å². The van der Waals surface area contributed by atoms with Gasteiger partial charge in [-0.1, -0.05) is 0 Å². The van der Waals surface area contributed by atoms with E-state index in [-0.39, 0.29) is 17.0 Å². The van der Waals surface area contributed by atoms with Gasteiger partial charge >= 0.3 is 0 Å². The van der Waals surface area contributed by atoms with Crippen molar-refractivity contribution in [3.63, 3.8) is 0 Å². The molecule has 1 aromatic carbocycles. The first-order valence-corrected chi connectivity index (χ1v) is 8.01. The van der Waals surface area contributed by atoms with E-state index in [0.717, 1.165) is 4.31 Å². The Bertz CT molecular complexity index is 732. The molecule has 0 saturated carbocycles. The maximum Gasteiger partial charge on any atom is 0.269 e. The smallest absolute Gasteiger partial charge is 0.269 e. The van der Waals surface area contributed by atoms with Crippen molar-refractivity contribution in [2.75, 3.05) is 12.3 Å². The topological polar surface area (TPSA) is 104 Å². The zero-order valence-corrected chi connectivity index (χ0v) is 12.8. The molecule has 1 aliphatic rings. The van der Waals surface area contributed by atoms with Crippen molar-refractivity contribution in [3.05, 3.63) is 23.8 Å². The van der Waals surface area contributed by atoms with Gasteiger partial charge in [0.15, 0.2) is 0 Å². The summed E-state index contributed by atoms with van der Waals surface area (Å²) >= 11 is 0. The van der Waals surface area contributed by atoms with Gasteiger partial charge in [-0.25, -0.2) is 12.7 Å². The van der Waals surface area contributed by atoms with Crippen LogP contribution >= 0.6 is 0 Å². The number of nitriles is 1. The summed E-state index contributed by atoms with van der Waals surface area (Å²) in [4.78, 5) is 12.2. The molecule has 0 unspecified atom stereocenters. The molecule has 1 amide bonds. The molecule has 0 spiro atoms. The molecule has 0 atom stereocenters. The Labute approximate surface area is 124 Å². The highest BCUT2D eigenvalue weighted by atomic mass is 32.2. The molecule has 0 bridgehead atoms. The van der Waals surface area contributed by atoms with Crippen LogP contribution in [0.3, 0.4) is 0 Å². The number of fused-ring (bicyclic) bond motifs is 1. The number of amides is 1. The number of carbonyl (C=O) groups is 1. The number of rotatable bonds is 4. The first-order valence-electron chi connectivity index (χ1n) is 6.57. The maximum absolute atomic E-state index is 12.3. The predicted octanol–water partition coefficient (Wildman–Crippen LogP) is 1.74. The van der Waals surface area contributed by atoms with Crippen molar-refractivity contribution in [2.45, 2.75) is 31.6 Å². The first-order chi connectivity index (χ1) is 9.69. The standard InChI is InChI=1S/C14H17N3O3S/c1-14(2,9-15)6-3-7-17-13(18)11-8-10(16)4-5-12(11)21(17,19)20/h4-5,8H,3,6-7,16H2,1-2H3. The fraction of sp³-hybridized carbons (Fsp3) is 0.429. The molecule has 0 radical (unpaired) electrons. The Hall–Kier alpha value is -2.07. The molecule has 0 fully saturated rings. The third-order valence-electron chi connectivity index (χ3n) is 3.49. The third kappa shape index (κ3) is 2.72. The molecule has 112 valence electrons. The summed E-state index contributed by atoms with van der Waals surface area (Å²) in [5.41, 5.74) is 5.53. The Morgan fingerprint density at radius 3 is 2.67 bits per heavy atom. The summed E-state index contributed by atoms with van der Waals surface area (Å²) in [5.74, 6) is -0.549. The second kappa shape index (κ2) is 5.04. The number of sulfonamides is 1. The minimum absolute atomic E-state index is 0.00115. The lowest BCUT2D eigenvalue weighted by Crippen LogP contribution is -2.31. The molecule has 0 aromatic heterocycles. The molecule has 0 aliphatic carbocycles. The lowest BCUT2D eigenvalue weighted by Gasteiger charge is -2.18. The minimum atomic E-state index is -3.79. The Kier molecular flexibility index (Phi) is 3.68. The van der Waals surface area contributed by atoms with Crippen LogP contribution in [0.15, 0.2) is 23.1 Å². The van der Waals surface area contributed by atoms with Crippen molar-refractivity contribution in [2.24, 2.45) is 5.41 Å². The molecule has 21 heavy (non-hydrogen) atoms. The van der Waals surface area contributed by atoms with Crippen LogP contribution in [0, 0.1) is 16.7 Å². The molecule has 2 rings (SSSR count). The van der Waals surface area contributed by atoms with Gasteiger partial charge in [0, 0.05) is 12.2 Å². The summed E-state index contributed by atoms with van der Waals surface area (Å²) in [5, 5.41) is 8.95. The second-order valence-corrected chi connectivity index (χ2v) is 7.57. The largest absolute Gasteiger partial charge is 0.399 e. The highest BCUT2D eigenvalue weighted by Gasteiger charge is 2.40. The quantitative estimate of drug-likeness (QED) is 0.853. The van der Waals surface area contributed by atoms with E-state index in [1.807, 2.05) is 0 Å². The van der Waals surface area contributed by atoms with Gasteiger partial charge in [-0.15, -0.1) is 0 Å². The van der Waals surface area contributed by atoms with Gasteiger partial charge in [-0.05, 0) is 44.9 Å². The number of anilines is 1. The van der Waals surface area contributed by atoms with E-state index in [2.05, 4.69) is 6.07 Å². The van der Waals surface area contributed by atoms with Crippen LogP contribution in [0.25, 0.3) is 0 Å². The molecule has 7 heteroatoms. The number of nitrogen functional groups attached to an aromatic ring is 1. The summed E-state index contributed by atoms with van der Waals surface area (Å²) in [7, 11) is -3.79. The fourth-order valence-electron chi connectivity index (χ4n) is 2.24. The van der Waals surface area contributed by atoms with Crippen LogP contribution in [0.2, 0.25) is 0 Å². The zero-order valence-electron chi connectivity index (χ0n) is 12.0. The number of nitrogens with two attached hydrogens (primary N) is 1. The second-order valence-electron chi connectivity index (χ2n) is 5.74. The average molecular weight is 307 g/mol. The molecular formula is C14H17N3O3S. The SMILES string of the molecule is CC(C)(C#N)CCCN1C(=O)c2cc(N)ccc2S1(=O)=O. The number of hydrogen-bond acceptors (Lipinski definition) is 5. The number of nitrogens with zero attached hydrogens (tertiary/aromatic N) is 2. The van der Waals surface area contributed by atoms with Gasteiger partial charge in [-0.2, -0.15) is 5.26 Å². The average Bonchev–Trinajstić information content (AvgIpc) is 2.59. The van der Waals surface area contributed by atoms with Crippen molar-refractivity contribution in [3.8, 4) is 6.07 Å². The molecule has 1 heterocycles. The van der Waals surface area contributed by atoms with Gasteiger partial charge in [0.25, 0.3) is 15.9 Å². The zero-order chi connectivity index (χ0) is 15.8. The lowest BCUT2D eigenvalue weighted by molar-refractivity contribution is 0.0867. The van der Waals surface area contributed by atoms with Crippen LogP contribution < -0.4 is 5.73 Å². The molecule has 6 nitrogen and oxygen atoms in total. The van der Waals surface area contributed by atoms with E-state index < -0.39 is 21.3 Å². The van der Waals surface area contributed by atoms with E-state index in [9.17, 15) is 13.2 Å². The molecule has 1 aliphatic heterocycles. The molecule has 2 N–H and O–H groups in total. The summed E-state index contributed by atoms with van der Waals surface area (Å²) in [6, 6.07) is 6.36. The van der Waals surface area contributed by atoms with Gasteiger partial charge in [0.05, 0.1) is 17.0 Å². The van der Waals surface area contributed by atoms with Gasteiger partial charge in [0.2, 0.25) is 0 Å². The van der Waals surface area contributed by atoms with Gasteiger partial charge in [0.1, 0.15) is 4.90 Å². The predicted molar refractivity (Wildman–Crippen MR) is 77.7 cm³/mol. The third-order valence-corrected chi connectivity index (χ3v) is 5.33. The van der Waals surface area contributed by atoms with Crippen molar-refractivity contribution in [1.29, 1.82) is 5.26 Å². The summed E-state index contributed by atoms with van der Waals surface area (Å²) < 4.78 is 25.5. The summed E-state index contributed by atoms with van der Waals surface area (Å²) in [6.07, 6.45) is 0.955. The Balaban J connectivity index is 2.21. The molecule has 0 saturated heterocycles. The van der Waals surface area contributed by atoms with E-state index in [4.69, 9.17) is 11.0 Å². The van der Waals surface area contributed by atoms with Crippen LogP contribution in [-0.2, 0) is 10.0 Å². The Morgan fingerprint density at radius 1 is 1.38 bits per heavy atom. The number of benzene rings is 1. The minimum Gasteiger partial charge on any atom is -0.399 e. The molecular weight excluding hydrogens is 290 g/mol. The highest BCUT2D eigenvalue weighted by molar-refractivity contribution is 7.90. The van der Waals surface area contributed by atoms with E-state index in [0.29, 0.717) is 18.5 Å². The van der Waals surface area contributed by atoms with Crippen LogP contribution in [0.1, 0.15) is 37.0 Å². The van der Waals surface area contributed by atoms with Crippen LogP contribution in [-0.4, -0.2) is 25.2 Å². The first kappa shape index (κ1) is 15.3. The maximum atomic E-state index is 12.3. The monoisotopic (exact) mass is 307 g/mol. The van der Waals surface area contributed by atoms with E-state index in [1.165, 1.54) is 18.2 Å². The van der Waals surface area contributed by atoms with Crippen molar-refractivity contribution in [1.82, 2.24) is 4.31 Å². The highest BCUT2D eigenvalue weighted by Crippen LogP contribution is 2.32. The van der Waals surface area contributed by atoms with Crippen molar-refractivity contribution >= 4 is 21.6 Å².